The molecule has 0 amide bonds. The molecule has 0 aliphatic carbocycles. The molecule has 2 aromatic rings. The monoisotopic (exact) mass is 226 g/mol. The van der Waals surface area contributed by atoms with Crippen LogP contribution in [-0.4, -0.2) is 14.9 Å². The van der Waals surface area contributed by atoms with Crippen molar-refractivity contribution in [1.29, 1.82) is 0 Å². The number of aromatic hydroxyl groups is 1. The van der Waals surface area contributed by atoms with E-state index >= 15 is 0 Å². The summed E-state index contributed by atoms with van der Waals surface area (Å²) in [5, 5.41) is 13.2. The standard InChI is InChI=1S/C10H8ClFN2O/c1-14-9(5-10(15)13-14)7-3-2-6(11)4-8(7)12/h2-5H,1H3,(H,13,15). The van der Waals surface area contributed by atoms with Gasteiger partial charge < -0.3 is 5.11 Å². The van der Waals surface area contributed by atoms with E-state index in [1.165, 1.54) is 16.8 Å². The van der Waals surface area contributed by atoms with Crippen molar-refractivity contribution in [2.45, 2.75) is 0 Å². The van der Waals surface area contributed by atoms with Gasteiger partial charge in [0.05, 0.1) is 5.69 Å². The molecule has 0 spiro atoms. The topological polar surface area (TPSA) is 38.0 Å². The first-order chi connectivity index (χ1) is 7.08. The number of rotatable bonds is 1. The summed E-state index contributed by atoms with van der Waals surface area (Å²) in [7, 11) is 1.63. The molecular formula is C10H8ClFN2O. The van der Waals surface area contributed by atoms with E-state index < -0.39 is 5.82 Å². The molecule has 0 saturated carbocycles. The number of benzene rings is 1. The second-order valence-electron chi connectivity index (χ2n) is 3.14. The average molecular weight is 227 g/mol. The van der Waals surface area contributed by atoms with Gasteiger partial charge in [0.2, 0.25) is 5.88 Å². The zero-order valence-electron chi connectivity index (χ0n) is 7.91. The number of aryl methyl sites for hydroxylation is 1. The summed E-state index contributed by atoms with van der Waals surface area (Å²) >= 11 is 5.64. The van der Waals surface area contributed by atoms with Crippen molar-refractivity contribution in [3.63, 3.8) is 0 Å². The van der Waals surface area contributed by atoms with Crippen molar-refractivity contribution in [2.75, 3.05) is 0 Å². The van der Waals surface area contributed by atoms with Gasteiger partial charge in [-0.3, -0.25) is 4.68 Å². The minimum absolute atomic E-state index is 0.137. The van der Waals surface area contributed by atoms with Crippen molar-refractivity contribution in [3.8, 4) is 17.1 Å². The minimum Gasteiger partial charge on any atom is -0.492 e. The predicted octanol–water partition coefficient (Wildman–Crippen LogP) is 2.59. The van der Waals surface area contributed by atoms with Gasteiger partial charge in [-0.25, -0.2) is 4.39 Å². The molecule has 0 fully saturated rings. The lowest BCUT2D eigenvalue weighted by atomic mass is 10.1. The molecule has 1 aromatic carbocycles. The Hall–Kier alpha value is -1.55. The zero-order valence-corrected chi connectivity index (χ0v) is 8.66. The van der Waals surface area contributed by atoms with Crippen LogP contribution in [0.4, 0.5) is 4.39 Å². The maximum Gasteiger partial charge on any atom is 0.230 e. The molecule has 0 aliphatic rings. The van der Waals surface area contributed by atoms with Gasteiger partial charge in [-0.05, 0) is 18.2 Å². The molecule has 5 heteroatoms. The fraction of sp³-hybridized carbons (Fsp3) is 0.100. The Morgan fingerprint density at radius 3 is 2.67 bits per heavy atom. The van der Waals surface area contributed by atoms with E-state index in [4.69, 9.17) is 16.7 Å². The number of nitrogens with zero attached hydrogens (tertiary/aromatic N) is 2. The Labute approximate surface area is 90.7 Å². The maximum absolute atomic E-state index is 13.5. The summed E-state index contributed by atoms with van der Waals surface area (Å²) in [6, 6.07) is 5.76. The van der Waals surface area contributed by atoms with E-state index in [0.29, 0.717) is 16.3 Å². The van der Waals surface area contributed by atoms with Crippen LogP contribution in [0.1, 0.15) is 0 Å². The number of halogens is 2. The molecule has 0 radical (unpaired) electrons. The lowest BCUT2D eigenvalue weighted by Gasteiger charge is -2.03. The average Bonchev–Trinajstić information content (AvgIpc) is 2.45. The third kappa shape index (κ3) is 1.80. The summed E-state index contributed by atoms with van der Waals surface area (Å²) in [6.07, 6.45) is 0. The first-order valence-electron chi connectivity index (χ1n) is 4.26. The van der Waals surface area contributed by atoms with Gasteiger partial charge in [0.25, 0.3) is 0 Å². The first kappa shape index (κ1) is 9.98. The minimum atomic E-state index is -0.439. The molecule has 1 heterocycles. The van der Waals surface area contributed by atoms with E-state index in [-0.39, 0.29) is 5.88 Å². The van der Waals surface area contributed by atoms with Gasteiger partial charge in [0.15, 0.2) is 0 Å². The summed E-state index contributed by atoms with van der Waals surface area (Å²) < 4.78 is 14.9. The molecule has 0 aliphatic heterocycles. The molecule has 3 nitrogen and oxygen atoms in total. The highest BCUT2D eigenvalue weighted by atomic mass is 35.5. The highest BCUT2D eigenvalue weighted by molar-refractivity contribution is 6.30. The van der Waals surface area contributed by atoms with E-state index in [1.807, 2.05) is 0 Å². The second kappa shape index (κ2) is 3.55. The molecule has 0 saturated heterocycles. The van der Waals surface area contributed by atoms with Crippen molar-refractivity contribution < 1.29 is 9.50 Å². The summed E-state index contributed by atoms with van der Waals surface area (Å²) in [4.78, 5) is 0. The van der Waals surface area contributed by atoms with Gasteiger partial charge in [0.1, 0.15) is 5.82 Å². The van der Waals surface area contributed by atoms with Crippen LogP contribution in [0.5, 0.6) is 5.88 Å². The Kier molecular flexibility index (Phi) is 2.36. The van der Waals surface area contributed by atoms with Crippen LogP contribution in [-0.2, 0) is 7.05 Å². The fourth-order valence-corrected chi connectivity index (χ4v) is 1.56. The molecule has 78 valence electrons. The van der Waals surface area contributed by atoms with E-state index in [9.17, 15) is 4.39 Å². The third-order valence-electron chi connectivity index (χ3n) is 2.07. The molecule has 15 heavy (non-hydrogen) atoms. The Bertz CT molecular complexity index is 510. The van der Waals surface area contributed by atoms with Crippen molar-refractivity contribution in [2.24, 2.45) is 7.05 Å². The zero-order chi connectivity index (χ0) is 11.0. The van der Waals surface area contributed by atoms with Gasteiger partial charge in [-0.15, -0.1) is 5.10 Å². The number of aromatic nitrogens is 2. The van der Waals surface area contributed by atoms with E-state index in [0.717, 1.165) is 0 Å². The lowest BCUT2D eigenvalue weighted by molar-refractivity contribution is 0.444. The van der Waals surface area contributed by atoms with Crippen LogP contribution in [0.15, 0.2) is 24.3 Å². The third-order valence-corrected chi connectivity index (χ3v) is 2.31. The highest BCUT2D eigenvalue weighted by Gasteiger charge is 2.11. The van der Waals surface area contributed by atoms with Crippen molar-refractivity contribution in [3.05, 3.63) is 35.1 Å². The number of hydrogen-bond donors (Lipinski definition) is 1. The van der Waals surface area contributed by atoms with Crippen LogP contribution in [0.25, 0.3) is 11.3 Å². The number of hydrogen-bond acceptors (Lipinski definition) is 2. The quantitative estimate of drug-likeness (QED) is 0.812. The van der Waals surface area contributed by atoms with Gasteiger partial charge in [-0.1, -0.05) is 11.6 Å². The van der Waals surface area contributed by atoms with E-state index in [1.54, 1.807) is 19.2 Å². The fourth-order valence-electron chi connectivity index (χ4n) is 1.40. The predicted molar refractivity (Wildman–Crippen MR) is 55.3 cm³/mol. The highest BCUT2D eigenvalue weighted by Crippen LogP contribution is 2.26. The van der Waals surface area contributed by atoms with Crippen LogP contribution >= 0.6 is 11.6 Å². The molecular weight excluding hydrogens is 219 g/mol. The summed E-state index contributed by atoms with van der Waals surface area (Å²) in [5.74, 6) is -0.577. The molecule has 0 atom stereocenters. The van der Waals surface area contributed by atoms with Gasteiger partial charge >= 0.3 is 0 Å². The lowest BCUT2D eigenvalue weighted by Crippen LogP contribution is -1.95. The van der Waals surface area contributed by atoms with E-state index in [2.05, 4.69) is 5.10 Å². The normalized spacial score (nSPS) is 10.6. The SMILES string of the molecule is Cn1nc(O)cc1-c1ccc(Cl)cc1F. The van der Waals surface area contributed by atoms with Crippen LogP contribution in [0.2, 0.25) is 5.02 Å². The molecule has 1 N–H and O–H groups in total. The van der Waals surface area contributed by atoms with Crippen LogP contribution < -0.4 is 0 Å². The molecule has 0 unspecified atom stereocenters. The van der Waals surface area contributed by atoms with Crippen LogP contribution in [0, 0.1) is 5.82 Å². The maximum atomic E-state index is 13.5. The summed E-state index contributed by atoms with van der Waals surface area (Å²) in [6.45, 7) is 0. The summed E-state index contributed by atoms with van der Waals surface area (Å²) in [5.41, 5.74) is 0.858. The Balaban J connectivity index is 2.59. The Morgan fingerprint density at radius 1 is 1.40 bits per heavy atom. The van der Waals surface area contributed by atoms with Crippen molar-refractivity contribution in [1.82, 2.24) is 9.78 Å². The largest absolute Gasteiger partial charge is 0.492 e. The molecule has 2 rings (SSSR count). The molecule has 0 bridgehead atoms. The van der Waals surface area contributed by atoms with Gasteiger partial charge in [0, 0.05) is 23.7 Å². The smallest absolute Gasteiger partial charge is 0.230 e. The van der Waals surface area contributed by atoms with Gasteiger partial charge in [-0.2, -0.15) is 0 Å². The Morgan fingerprint density at radius 2 is 2.13 bits per heavy atom. The van der Waals surface area contributed by atoms with Crippen molar-refractivity contribution >= 4 is 11.6 Å². The van der Waals surface area contributed by atoms with Crippen LogP contribution in [0.3, 0.4) is 0 Å². The first-order valence-corrected chi connectivity index (χ1v) is 4.64. The second-order valence-corrected chi connectivity index (χ2v) is 3.57. The molecule has 1 aromatic heterocycles.